The van der Waals surface area contributed by atoms with Crippen LogP contribution in [0.4, 0.5) is 17.6 Å². The zero-order valence-electron chi connectivity index (χ0n) is 16.8. The first-order valence-electron chi connectivity index (χ1n) is 10.2. The zero-order valence-corrected chi connectivity index (χ0v) is 17.5. The number of aromatic nitrogens is 2. The average Bonchev–Trinajstić information content (AvgIpc) is 3.09. The van der Waals surface area contributed by atoms with E-state index in [0.29, 0.717) is 12.8 Å². The van der Waals surface area contributed by atoms with Crippen LogP contribution in [0.3, 0.4) is 0 Å². The van der Waals surface area contributed by atoms with Crippen LogP contribution in [0.1, 0.15) is 43.6 Å². The van der Waals surface area contributed by atoms with Gasteiger partial charge < -0.3 is 10.1 Å². The van der Waals surface area contributed by atoms with E-state index in [2.05, 4.69) is 15.2 Å². The van der Waals surface area contributed by atoms with Gasteiger partial charge >= 0.3 is 6.36 Å². The standard InChI is InChI=1S/C21H20ClF4N3O3/c22-16-2-1-14(5-17(16)23)31-8-18(30)28-19-9-20(10-19,11-19)29-7-13(6-27-29)12-3-15(4-12)32-21(24,25)26/h1-2,5-7,12,15H,3-4,8-11H2,(H,28,30). The number of carbonyl (C=O) groups excluding carboxylic acids is 1. The maximum Gasteiger partial charge on any atom is 0.522 e. The molecule has 0 aliphatic heterocycles. The van der Waals surface area contributed by atoms with Gasteiger partial charge in [-0.15, -0.1) is 13.2 Å². The molecule has 4 aliphatic rings. The highest BCUT2D eigenvalue weighted by atomic mass is 35.5. The molecule has 4 saturated carbocycles. The summed E-state index contributed by atoms with van der Waals surface area (Å²) in [5.41, 5.74) is 0.468. The second kappa shape index (κ2) is 7.34. The molecule has 1 heterocycles. The predicted octanol–water partition coefficient (Wildman–Crippen LogP) is 4.28. The molecular formula is C21H20ClF4N3O3. The van der Waals surface area contributed by atoms with Crippen LogP contribution < -0.4 is 10.1 Å². The summed E-state index contributed by atoms with van der Waals surface area (Å²) in [6.07, 6.45) is 1.07. The molecule has 4 fully saturated rings. The summed E-state index contributed by atoms with van der Waals surface area (Å²) < 4.78 is 61.5. The van der Waals surface area contributed by atoms with Gasteiger partial charge in [0.1, 0.15) is 11.6 Å². The van der Waals surface area contributed by atoms with Gasteiger partial charge in [0.25, 0.3) is 5.91 Å². The second-order valence-corrected chi connectivity index (χ2v) is 9.43. The summed E-state index contributed by atoms with van der Waals surface area (Å²) in [6, 6.07) is 3.98. The molecular weight excluding hydrogens is 454 g/mol. The number of halogens is 5. The molecule has 4 aliphatic carbocycles. The van der Waals surface area contributed by atoms with Crippen LogP contribution in [0.2, 0.25) is 5.02 Å². The van der Waals surface area contributed by atoms with Crippen LogP contribution in [0.25, 0.3) is 0 Å². The molecule has 0 saturated heterocycles. The van der Waals surface area contributed by atoms with Crippen LogP contribution in [-0.2, 0) is 15.1 Å². The minimum atomic E-state index is -4.60. The number of ether oxygens (including phenoxy) is 2. The van der Waals surface area contributed by atoms with Gasteiger partial charge in [-0.25, -0.2) is 4.39 Å². The third kappa shape index (κ3) is 3.94. The number of alkyl halides is 3. The van der Waals surface area contributed by atoms with Crippen molar-refractivity contribution < 1.29 is 31.8 Å². The van der Waals surface area contributed by atoms with Gasteiger partial charge in [-0.1, -0.05) is 11.6 Å². The lowest BCUT2D eigenvalue weighted by molar-refractivity contribution is -0.351. The molecule has 11 heteroatoms. The van der Waals surface area contributed by atoms with E-state index < -0.39 is 18.3 Å². The largest absolute Gasteiger partial charge is 0.522 e. The molecule has 2 bridgehead atoms. The van der Waals surface area contributed by atoms with E-state index in [1.165, 1.54) is 12.1 Å². The first kappa shape index (κ1) is 21.5. The van der Waals surface area contributed by atoms with Crippen molar-refractivity contribution in [2.24, 2.45) is 0 Å². The van der Waals surface area contributed by atoms with E-state index in [-0.39, 0.29) is 40.3 Å². The first-order valence-corrected chi connectivity index (χ1v) is 10.6. The Kier molecular flexibility index (Phi) is 4.94. The number of benzene rings is 1. The van der Waals surface area contributed by atoms with Gasteiger partial charge in [-0.2, -0.15) is 5.10 Å². The number of amides is 1. The van der Waals surface area contributed by atoms with E-state index in [1.54, 1.807) is 6.20 Å². The quantitative estimate of drug-likeness (QED) is 0.609. The number of nitrogens with zero attached hydrogens (tertiary/aromatic N) is 2. The number of hydrogen-bond acceptors (Lipinski definition) is 4. The van der Waals surface area contributed by atoms with Crippen LogP contribution in [-0.4, -0.2) is 40.3 Å². The molecule has 32 heavy (non-hydrogen) atoms. The lowest BCUT2D eigenvalue weighted by Gasteiger charge is -2.70. The van der Waals surface area contributed by atoms with Crippen molar-refractivity contribution in [2.75, 3.05) is 6.61 Å². The first-order chi connectivity index (χ1) is 15.0. The van der Waals surface area contributed by atoms with Crippen LogP contribution in [0.5, 0.6) is 5.75 Å². The number of nitrogens with one attached hydrogen (secondary N) is 1. The predicted molar refractivity (Wildman–Crippen MR) is 105 cm³/mol. The van der Waals surface area contributed by atoms with Crippen molar-refractivity contribution in [1.82, 2.24) is 15.1 Å². The molecule has 1 amide bonds. The summed E-state index contributed by atoms with van der Waals surface area (Å²) in [7, 11) is 0. The van der Waals surface area contributed by atoms with E-state index in [4.69, 9.17) is 16.3 Å². The molecule has 2 aromatic rings. The van der Waals surface area contributed by atoms with Gasteiger partial charge in [0.15, 0.2) is 6.61 Å². The number of carbonyl (C=O) groups is 1. The van der Waals surface area contributed by atoms with E-state index >= 15 is 0 Å². The summed E-state index contributed by atoms with van der Waals surface area (Å²) in [5.74, 6) is -0.666. The summed E-state index contributed by atoms with van der Waals surface area (Å²) in [6.45, 7) is -0.232. The Morgan fingerprint density at radius 2 is 2.00 bits per heavy atom. The van der Waals surface area contributed by atoms with Crippen molar-refractivity contribution in [3.63, 3.8) is 0 Å². The zero-order chi connectivity index (χ0) is 22.7. The van der Waals surface area contributed by atoms with Crippen molar-refractivity contribution in [3.8, 4) is 5.75 Å². The van der Waals surface area contributed by atoms with Crippen molar-refractivity contribution >= 4 is 17.5 Å². The van der Waals surface area contributed by atoms with Crippen molar-refractivity contribution in [1.29, 1.82) is 0 Å². The molecule has 6 nitrogen and oxygen atoms in total. The fourth-order valence-electron chi connectivity index (χ4n) is 5.09. The minimum absolute atomic E-state index is 0.0190. The number of hydrogen-bond donors (Lipinski definition) is 1. The fraction of sp³-hybridized carbons (Fsp3) is 0.524. The minimum Gasteiger partial charge on any atom is -0.484 e. The normalized spacial score (nSPS) is 30.7. The van der Waals surface area contributed by atoms with Crippen LogP contribution >= 0.6 is 11.6 Å². The maximum absolute atomic E-state index is 13.4. The molecule has 1 aromatic carbocycles. The summed E-state index contributed by atoms with van der Waals surface area (Å²) in [5, 5.41) is 7.38. The molecule has 0 radical (unpaired) electrons. The second-order valence-electron chi connectivity index (χ2n) is 9.02. The topological polar surface area (TPSA) is 65.4 Å². The summed E-state index contributed by atoms with van der Waals surface area (Å²) >= 11 is 5.62. The van der Waals surface area contributed by atoms with Crippen molar-refractivity contribution in [3.05, 3.63) is 47.0 Å². The van der Waals surface area contributed by atoms with Crippen LogP contribution in [0, 0.1) is 5.82 Å². The Morgan fingerprint density at radius 3 is 2.66 bits per heavy atom. The highest BCUT2D eigenvalue weighted by molar-refractivity contribution is 6.30. The Bertz CT molecular complexity index is 1030. The highest BCUT2D eigenvalue weighted by Gasteiger charge is 2.70. The molecule has 172 valence electrons. The molecule has 0 atom stereocenters. The van der Waals surface area contributed by atoms with Gasteiger partial charge in [-0.05, 0) is 55.7 Å². The molecule has 0 spiro atoms. The SMILES string of the molecule is O=C(COc1ccc(Cl)c(F)c1)NC12CC(n3cc(C4CC(OC(F)(F)F)C4)cn3)(C1)C2. The average molecular weight is 474 g/mol. The molecule has 6 rings (SSSR count). The third-order valence-corrected chi connectivity index (χ3v) is 6.93. The van der Waals surface area contributed by atoms with Crippen LogP contribution in [0.15, 0.2) is 30.6 Å². The maximum atomic E-state index is 13.4. The number of rotatable bonds is 7. The van der Waals surface area contributed by atoms with Gasteiger partial charge in [0.05, 0.1) is 22.9 Å². The van der Waals surface area contributed by atoms with E-state index in [0.717, 1.165) is 30.9 Å². The third-order valence-electron chi connectivity index (χ3n) is 6.62. The molecule has 0 unspecified atom stereocenters. The lowest BCUT2D eigenvalue weighted by atomic mass is 9.44. The Morgan fingerprint density at radius 1 is 1.28 bits per heavy atom. The Balaban J connectivity index is 1.08. The fourth-order valence-corrected chi connectivity index (χ4v) is 5.20. The van der Waals surface area contributed by atoms with Gasteiger partial charge in [0, 0.05) is 17.8 Å². The molecule has 1 aromatic heterocycles. The smallest absolute Gasteiger partial charge is 0.484 e. The lowest BCUT2D eigenvalue weighted by Crippen LogP contribution is -2.79. The highest BCUT2D eigenvalue weighted by Crippen LogP contribution is 2.65. The van der Waals surface area contributed by atoms with E-state index in [9.17, 15) is 22.4 Å². The summed E-state index contributed by atoms with van der Waals surface area (Å²) in [4.78, 5) is 12.2. The monoisotopic (exact) mass is 473 g/mol. The van der Waals surface area contributed by atoms with Gasteiger partial charge in [0.2, 0.25) is 0 Å². The molecule has 1 N–H and O–H groups in total. The van der Waals surface area contributed by atoms with E-state index in [1.807, 2.05) is 10.9 Å². The van der Waals surface area contributed by atoms with Crippen molar-refractivity contribution in [2.45, 2.75) is 61.6 Å². The Hall–Kier alpha value is -2.33. The Labute approximate surface area is 185 Å². The van der Waals surface area contributed by atoms with Gasteiger partial charge in [-0.3, -0.25) is 14.2 Å².